The van der Waals surface area contributed by atoms with Crippen LogP contribution < -0.4 is 10.6 Å². The molecule has 0 radical (unpaired) electrons. The fourth-order valence-electron chi connectivity index (χ4n) is 2.61. The summed E-state index contributed by atoms with van der Waals surface area (Å²) in [7, 11) is -0.178. The van der Waals surface area contributed by atoms with Crippen molar-refractivity contribution in [2.24, 2.45) is 0 Å². The molecule has 0 spiro atoms. The summed E-state index contributed by atoms with van der Waals surface area (Å²) < 4.78 is 27.6. The predicted octanol–water partition coefficient (Wildman–Crippen LogP) is 2.55. The minimum absolute atomic E-state index is 0.148. The Bertz CT molecular complexity index is 949. The van der Waals surface area contributed by atoms with Gasteiger partial charge < -0.3 is 10.6 Å². The van der Waals surface area contributed by atoms with Crippen molar-refractivity contribution in [3.05, 3.63) is 66.5 Å². The second kappa shape index (κ2) is 7.08. The first-order valence-electron chi connectivity index (χ1n) is 7.87. The average molecular weight is 356 g/mol. The van der Waals surface area contributed by atoms with Gasteiger partial charge in [0.1, 0.15) is 10.7 Å². The largest absolute Gasteiger partial charge is 0.373 e. The number of hydrogen-bond acceptors (Lipinski definition) is 5. The summed E-state index contributed by atoms with van der Waals surface area (Å²) in [5, 5.41) is 5.94. The summed E-state index contributed by atoms with van der Waals surface area (Å²) >= 11 is 0. The van der Waals surface area contributed by atoms with Crippen molar-refractivity contribution in [3.63, 3.8) is 0 Å². The summed E-state index contributed by atoms with van der Waals surface area (Å²) in [6.45, 7) is 0.583. The van der Waals surface area contributed by atoms with Crippen molar-refractivity contribution in [1.82, 2.24) is 14.3 Å². The highest BCUT2D eigenvalue weighted by Gasteiger charge is 2.22. The molecule has 2 N–H and O–H groups in total. The molecule has 3 rings (SSSR count). The van der Waals surface area contributed by atoms with Gasteiger partial charge in [0, 0.05) is 26.0 Å². The zero-order valence-corrected chi connectivity index (χ0v) is 14.9. The third-order valence-corrected chi connectivity index (χ3v) is 5.50. The number of benzene rings is 1. The molecule has 0 saturated heterocycles. The van der Waals surface area contributed by atoms with Crippen LogP contribution in [0.4, 0.5) is 5.82 Å². The van der Waals surface area contributed by atoms with Crippen molar-refractivity contribution in [3.8, 4) is 11.3 Å². The van der Waals surface area contributed by atoms with E-state index in [0.29, 0.717) is 18.1 Å². The van der Waals surface area contributed by atoms with Gasteiger partial charge in [-0.25, -0.2) is 17.4 Å². The maximum atomic E-state index is 13.1. The lowest BCUT2D eigenvalue weighted by atomic mass is 10.1. The number of rotatable bonds is 6. The normalized spacial score (nSPS) is 11.4. The Morgan fingerprint density at radius 1 is 1.08 bits per heavy atom. The van der Waals surface area contributed by atoms with Gasteiger partial charge in [-0.2, -0.15) is 0 Å². The lowest BCUT2D eigenvalue weighted by Crippen LogP contribution is -2.14. The van der Waals surface area contributed by atoms with Gasteiger partial charge in [-0.1, -0.05) is 30.3 Å². The Labute approximate surface area is 147 Å². The number of aromatic nitrogens is 2. The molecule has 0 aliphatic carbocycles. The van der Waals surface area contributed by atoms with Crippen molar-refractivity contribution in [2.75, 3.05) is 19.4 Å². The van der Waals surface area contributed by atoms with Gasteiger partial charge >= 0.3 is 0 Å². The minimum Gasteiger partial charge on any atom is -0.373 e. The van der Waals surface area contributed by atoms with Gasteiger partial charge in [0.15, 0.2) is 0 Å². The summed E-state index contributed by atoms with van der Waals surface area (Å²) in [6, 6.07) is 14.6. The fraction of sp³-hybridized carbons (Fsp3) is 0.167. The number of hydrogen-bond donors (Lipinski definition) is 2. The molecule has 0 bridgehead atoms. The molecule has 0 aliphatic rings. The van der Waals surface area contributed by atoms with E-state index in [2.05, 4.69) is 15.6 Å². The highest BCUT2D eigenvalue weighted by atomic mass is 32.2. The minimum atomic E-state index is -3.74. The predicted molar refractivity (Wildman–Crippen MR) is 99.0 cm³/mol. The summed E-state index contributed by atoms with van der Waals surface area (Å²) in [5.74, 6) is 0.616. The van der Waals surface area contributed by atoms with Crippen molar-refractivity contribution < 1.29 is 8.42 Å². The Morgan fingerprint density at radius 3 is 2.44 bits per heavy atom. The highest BCUT2D eigenvalue weighted by Crippen LogP contribution is 2.27. The zero-order valence-electron chi connectivity index (χ0n) is 14.1. The van der Waals surface area contributed by atoms with Crippen LogP contribution in [0, 0.1) is 0 Å². The van der Waals surface area contributed by atoms with Gasteiger partial charge in [-0.15, -0.1) is 0 Å². The molecule has 2 aromatic heterocycles. The van der Waals surface area contributed by atoms with E-state index in [4.69, 9.17) is 0 Å². The van der Waals surface area contributed by atoms with E-state index in [0.717, 1.165) is 11.1 Å². The third-order valence-electron chi connectivity index (χ3n) is 3.84. The third kappa shape index (κ3) is 3.42. The molecule has 0 unspecified atom stereocenters. The van der Waals surface area contributed by atoms with Crippen LogP contribution in [0.1, 0.15) is 5.56 Å². The molecule has 3 aromatic rings. The first kappa shape index (κ1) is 17.2. The Kier molecular flexibility index (Phi) is 4.87. The van der Waals surface area contributed by atoms with Gasteiger partial charge in [-0.05, 0) is 36.4 Å². The maximum Gasteiger partial charge on any atom is 0.269 e. The first-order chi connectivity index (χ1) is 12.1. The SMILES string of the molecule is CNCc1cc(-c2ccccc2)n(S(=O)(=O)c2ccc(NC)nc2)c1. The second-order valence-corrected chi connectivity index (χ2v) is 7.37. The van der Waals surface area contributed by atoms with E-state index in [1.165, 1.54) is 10.2 Å². The molecule has 0 aliphatic heterocycles. The lowest BCUT2D eigenvalue weighted by Gasteiger charge is -2.11. The second-order valence-electron chi connectivity index (χ2n) is 5.56. The molecular formula is C18H20N4O2S. The lowest BCUT2D eigenvalue weighted by molar-refractivity contribution is 0.587. The van der Waals surface area contributed by atoms with Crippen LogP contribution in [0.2, 0.25) is 0 Å². The van der Waals surface area contributed by atoms with E-state index < -0.39 is 10.0 Å². The smallest absolute Gasteiger partial charge is 0.269 e. The monoisotopic (exact) mass is 356 g/mol. The van der Waals surface area contributed by atoms with Crippen molar-refractivity contribution in [1.29, 1.82) is 0 Å². The van der Waals surface area contributed by atoms with Crippen LogP contribution in [-0.2, 0) is 16.6 Å². The molecule has 0 fully saturated rings. The van der Waals surface area contributed by atoms with Gasteiger partial charge in [0.05, 0.1) is 5.69 Å². The molecule has 0 saturated carbocycles. The summed E-state index contributed by atoms with van der Waals surface area (Å²) in [5.41, 5.74) is 2.36. The van der Waals surface area contributed by atoms with Gasteiger partial charge in [0.25, 0.3) is 10.0 Å². The molecule has 2 heterocycles. The quantitative estimate of drug-likeness (QED) is 0.710. The van der Waals surface area contributed by atoms with Crippen LogP contribution in [0.3, 0.4) is 0 Å². The van der Waals surface area contributed by atoms with Crippen LogP contribution in [0.25, 0.3) is 11.3 Å². The maximum absolute atomic E-state index is 13.1. The van der Waals surface area contributed by atoms with Crippen LogP contribution in [0.5, 0.6) is 0 Å². The highest BCUT2D eigenvalue weighted by molar-refractivity contribution is 7.90. The van der Waals surface area contributed by atoms with Crippen LogP contribution in [0.15, 0.2) is 65.8 Å². The molecule has 7 heteroatoms. The molecule has 0 atom stereocenters. The van der Waals surface area contributed by atoms with Gasteiger partial charge in [-0.3, -0.25) is 0 Å². The Hall–Kier alpha value is -2.64. The van der Waals surface area contributed by atoms with Crippen molar-refractivity contribution >= 4 is 15.8 Å². The molecule has 25 heavy (non-hydrogen) atoms. The van der Waals surface area contributed by atoms with Crippen LogP contribution in [-0.4, -0.2) is 31.5 Å². The summed E-state index contributed by atoms with van der Waals surface area (Å²) in [4.78, 5) is 4.27. The number of nitrogens with zero attached hydrogens (tertiary/aromatic N) is 2. The van der Waals surface area contributed by atoms with E-state index in [1.807, 2.05) is 43.4 Å². The van der Waals surface area contributed by atoms with Crippen LogP contribution >= 0.6 is 0 Å². The molecular weight excluding hydrogens is 336 g/mol. The van der Waals surface area contributed by atoms with E-state index in [9.17, 15) is 8.42 Å². The number of pyridine rings is 1. The molecule has 6 nitrogen and oxygen atoms in total. The molecule has 0 amide bonds. The Balaban J connectivity index is 2.13. The summed E-state index contributed by atoms with van der Waals surface area (Å²) in [6.07, 6.45) is 3.02. The topological polar surface area (TPSA) is 76.0 Å². The van der Waals surface area contributed by atoms with E-state index >= 15 is 0 Å². The number of anilines is 1. The molecule has 1 aromatic carbocycles. The first-order valence-corrected chi connectivity index (χ1v) is 9.31. The van der Waals surface area contributed by atoms with E-state index in [1.54, 1.807) is 25.4 Å². The standard InChI is InChI=1S/C18H20N4O2S/c1-19-11-14-10-17(15-6-4-3-5-7-15)22(13-14)25(23,24)16-8-9-18(20-2)21-12-16/h3-10,12-13,19H,11H2,1-2H3,(H,20,21). The zero-order chi connectivity index (χ0) is 17.9. The van der Waals surface area contributed by atoms with E-state index in [-0.39, 0.29) is 4.90 Å². The fourth-order valence-corrected chi connectivity index (χ4v) is 3.95. The number of nitrogens with one attached hydrogen (secondary N) is 2. The Morgan fingerprint density at radius 2 is 1.84 bits per heavy atom. The average Bonchev–Trinajstić information content (AvgIpc) is 3.08. The van der Waals surface area contributed by atoms with Crippen molar-refractivity contribution in [2.45, 2.75) is 11.4 Å². The van der Waals surface area contributed by atoms with Gasteiger partial charge in [0.2, 0.25) is 0 Å². The molecule has 130 valence electrons.